The van der Waals surface area contributed by atoms with E-state index in [4.69, 9.17) is 10.5 Å². The van der Waals surface area contributed by atoms with Crippen molar-refractivity contribution < 1.29 is 9.53 Å². The van der Waals surface area contributed by atoms with Gasteiger partial charge < -0.3 is 10.5 Å². The number of hydrogen-bond donors (Lipinski definition) is 1. The maximum Gasteiger partial charge on any atom is 0.310 e. The minimum Gasteiger partial charge on any atom is -0.466 e. The summed E-state index contributed by atoms with van der Waals surface area (Å²) in [7, 11) is 0. The zero-order valence-corrected chi connectivity index (χ0v) is 9.50. The molecule has 0 radical (unpaired) electrons. The molecule has 2 N–H and O–H groups in total. The smallest absolute Gasteiger partial charge is 0.310 e. The highest BCUT2D eigenvalue weighted by molar-refractivity contribution is 9.10. The van der Waals surface area contributed by atoms with E-state index in [2.05, 4.69) is 15.9 Å². The summed E-state index contributed by atoms with van der Waals surface area (Å²) in [6.07, 6.45) is 0.284. The molecule has 0 aliphatic heterocycles. The summed E-state index contributed by atoms with van der Waals surface area (Å²) in [5, 5.41) is 0. The second-order valence-corrected chi connectivity index (χ2v) is 3.69. The highest BCUT2D eigenvalue weighted by atomic mass is 79.9. The first-order chi connectivity index (χ1) is 6.63. The zero-order chi connectivity index (χ0) is 10.6. The Balaban J connectivity index is 2.68. The predicted octanol–water partition coefficient (Wildman–Crippen LogP) is 2.14. The lowest BCUT2D eigenvalue weighted by Gasteiger charge is -2.03. The molecule has 0 aromatic heterocycles. The number of nitrogens with two attached hydrogens (primary N) is 1. The summed E-state index contributed by atoms with van der Waals surface area (Å²) in [6.45, 7) is 2.20. The van der Waals surface area contributed by atoms with Crippen LogP contribution in [0.2, 0.25) is 0 Å². The summed E-state index contributed by atoms with van der Waals surface area (Å²) in [4.78, 5) is 11.1. The number of anilines is 1. The first-order valence-electron chi connectivity index (χ1n) is 4.33. The van der Waals surface area contributed by atoms with Gasteiger partial charge >= 0.3 is 5.97 Å². The summed E-state index contributed by atoms with van der Waals surface area (Å²) in [5.74, 6) is -0.218. The molecule has 0 atom stereocenters. The second kappa shape index (κ2) is 5.00. The van der Waals surface area contributed by atoms with E-state index in [0.717, 1.165) is 10.0 Å². The summed E-state index contributed by atoms with van der Waals surface area (Å²) in [6, 6.07) is 5.40. The van der Waals surface area contributed by atoms with Gasteiger partial charge in [0.1, 0.15) is 0 Å². The molecule has 1 aromatic rings. The highest BCUT2D eigenvalue weighted by Crippen LogP contribution is 2.20. The molecule has 0 saturated carbocycles. The van der Waals surface area contributed by atoms with Gasteiger partial charge in [-0.15, -0.1) is 0 Å². The van der Waals surface area contributed by atoms with Crippen LogP contribution in [0.3, 0.4) is 0 Å². The molecule has 0 unspecified atom stereocenters. The van der Waals surface area contributed by atoms with Gasteiger partial charge in [-0.25, -0.2) is 0 Å². The van der Waals surface area contributed by atoms with Crippen molar-refractivity contribution in [3.8, 4) is 0 Å². The summed E-state index contributed by atoms with van der Waals surface area (Å²) in [5.41, 5.74) is 7.17. The highest BCUT2D eigenvalue weighted by Gasteiger charge is 2.05. The first-order valence-corrected chi connectivity index (χ1v) is 5.12. The number of benzene rings is 1. The molecule has 0 fully saturated rings. The van der Waals surface area contributed by atoms with Gasteiger partial charge in [-0.3, -0.25) is 4.79 Å². The lowest BCUT2D eigenvalue weighted by atomic mass is 10.1. The van der Waals surface area contributed by atoms with Gasteiger partial charge in [0.2, 0.25) is 0 Å². The Labute approximate surface area is 91.4 Å². The molecule has 0 bridgehead atoms. The van der Waals surface area contributed by atoms with E-state index < -0.39 is 0 Å². The fraction of sp³-hybridized carbons (Fsp3) is 0.300. The van der Waals surface area contributed by atoms with Crippen LogP contribution in [-0.2, 0) is 16.0 Å². The van der Waals surface area contributed by atoms with Crippen LogP contribution < -0.4 is 5.73 Å². The Morgan fingerprint density at radius 3 is 2.86 bits per heavy atom. The molecular weight excluding hydrogens is 246 g/mol. The fourth-order valence-corrected chi connectivity index (χ4v) is 1.49. The summed E-state index contributed by atoms with van der Waals surface area (Å²) >= 11 is 3.30. The molecular formula is C10H12BrNO2. The lowest BCUT2D eigenvalue weighted by Crippen LogP contribution is -2.07. The summed E-state index contributed by atoms with van der Waals surface area (Å²) < 4.78 is 5.64. The van der Waals surface area contributed by atoms with E-state index in [1.54, 1.807) is 13.0 Å². The molecule has 0 spiro atoms. The predicted molar refractivity (Wildman–Crippen MR) is 58.9 cm³/mol. The van der Waals surface area contributed by atoms with Crippen molar-refractivity contribution in [2.45, 2.75) is 13.3 Å². The van der Waals surface area contributed by atoms with Crippen molar-refractivity contribution in [1.29, 1.82) is 0 Å². The largest absolute Gasteiger partial charge is 0.466 e. The molecule has 1 aromatic carbocycles. The Hall–Kier alpha value is -1.03. The van der Waals surface area contributed by atoms with E-state index in [-0.39, 0.29) is 12.4 Å². The van der Waals surface area contributed by atoms with Gasteiger partial charge in [-0.05, 0) is 40.5 Å². The van der Waals surface area contributed by atoms with Crippen molar-refractivity contribution in [2.24, 2.45) is 0 Å². The van der Waals surface area contributed by atoms with Gasteiger partial charge in [0.25, 0.3) is 0 Å². The average molecular weight is 258 g/mol. The zero-order valence-electron chi connectivity index (χ0n) is 7.92. The van der Waals surface area contributed by atoms with Crippen molar-refractivity contribution >= 4 is 27.6 Å². The maximum absolute atomic E-state index is 11.1. The molecule has 3 nitrogen and oxygen atoms in total. The Morgan fingerprint density at radius 1 is 1.57 bits per heavy atom. The van der Waals surface area contributed by atoms with E-state index in [9.17, 15) is 4.79 Å². The number of carbonyl (C=O) groups is 1. The quantitative estimate of drug-likeness (QED) is 0.667. The van der Waals surface area contributed by atoms with Crippen LogP contribution in [-0.4, -0.2) is 12.6 Å². The van der Waals surface area contributed by atoms with E-state index in [1.165, 1.54) is 0 Å². The van der Waals surface area contributed by atoms with Crippen molar-refractivity contribution in [3.63, 3.8) is 0 Å². The van der Waals surface area contributed by atoms with Gasteiger partial charge in [-0.2, -0.15) is 0 Å². The number of hydrogen-bond acceptors (Lipinski definition) is 3. The van der Waals surface area contributed by atoms with Crippen LogP contribution in [0.15, 0.2) is 22.7 Å². The van der Waals surface area contributed by atoms with E-state index in [0.29, 0.717) is 12.3 Å². The molecule has 0 amide bonds. The number of esters is 1. The molecule has 76 valence electrons. The van der Waals surface area contributed by atoms with Gasteiger partial charge in [0, 0.05) is 10.2 Å². The van der Waals surface area contributed by atoms with Crippen LogP contribution in [0.4, 0.5) is 5.69 Å². The topological polar surface area (TPSA) is 52.3 Å². The third-order valence-corrected chi connectivity index (χ3v) is 2.41. The monoisotopic (exact) mass is 257 g/mol. The van der Waals surface area contributed by atoms with Crippen LogP contribution in [0, 0.1) is 0 Å². The average Bonchev–Trinajstić information content (AvgIpc) is 2.12. The normalized spacial score (nSPS) is 9.86. The third-order valence-electron chi connectivity index (χ3n) is 1.72. The van der Waals surface area contributed by atoms with Crippen molar-refractivity contribution in [2.75, 3.05) is 12.3 Å². The minimum absolute atomic E-state index is 0.218. The van der Waals surface area contributed by atoms with Crippen LogP contribution in [0.25, 0.3) is 0 Å². The lowest BCUT2D eigenvalue weighted by molar-refractivity contribution is -0.142. The van der Waals surface area contributed by atoms with Gasteiger partial charge in [-0.1, -0.05) is 6.07 Å². The molecule has 0 saturated heterocycles. The molecule has 0 aliphatic rings. The molecule has 0 aliphatic carbocycles. The molecule has 14 heavy (non-hydrogen) atoms. The Kier molecular flexibility index (Phi) is 3.95. The van der Waals surface area contributed by atoms with Crippen LogP contribution in [0.1, 0.15) is 12.5 Å². The SMILES string of the molecule is CCOC(=O)Cc1ccc(N)c(Br)c1. The number of ether oxygens (including phenoxy) is 1. The van der Waals surface area contributed by atoms with E-state index >= 15 is 0 Å². The Bertz CT molecular complexity index is 339. The van der Waals surface area contributed by atoms with Crippen LogP contribution in [0.5, 0.6) is 0 Å². The number of nitrogen functional groups attached to an aromatic ring is 1. The number of rotatable bonds is 3. The molecule has 1 rings (SSSR count). The molecule has 0 heterocycles. The third kappa shape index (κ3) is 3.03. The second-order valence-electron chi connectivity index (χ2n) is 2.84. The number of carbonyl (C=O) groups excluding carboxylic acids is 1. The Morgan fingerprint density at radius 2 is 2.29 bits per heavy atom. The minimum atomic E-state index is -0.218. The standard InChI is InChI=1S/C10H12BrNO2/c1-2-14-10(13)6-7-3-4-9(12)8(11)5-7/h3-5H,2,6,12H2,1H3. The van der Waals surface area contributed by atoms with Gasteiger partial charge in [0.15, 0.2) is 0 Å². The van der Waals surface area contributed by atoms with Crippen LogP contribution >= 0.6 is 15.9 Å². The first kappa shape index (κ1) is 11.0. The van der Waals surface area contributed by atoms with E-state index in [1.807, 2.05) is 12.1 Å². The van der Waals surface area contributed by atoms with Gasteiger partial charge in [0.05, 0.1) is 13.0 Å². The van der Waals surface area contributed by atoms with Crippen molar-refractivity contribution in [1.82, 2.24) is 0 Å². The molecule has 4 heteroatoms. The van der Waals surface area contributed by atoms with Crippen molar-refractivity contribution in [3.05, 3.63) is 28.2 Å². The maximum atomic E-state index is 11.1. The number of halogens is 1. The fourth-order valence-electron chi connectivity index (χ4n) is 1.06.